The van der Waals surface area contributed by atoms with Crippen molar-refractivity contribution in [1.82, 2.24) is 4.37 Å². The molecule has 0 aliphatic carbocycles. The second kappa shape index (κ2) is 1.58. The maximum absolute atomic E-state index is 5.36. The summed E-state index contributed by atoms with van der Waals surface area (Å²) >= 11 is 6.59. The van der Waals surface area contributed by atoms with Gasteiger partial charge in [-0.2, -0.15) is 4.37 Å². The van der Waals surface area contributed by atoms with Crippen LogP contribution in [0.2, 0.25) is 4.34 Å². The summed E-state index contributed by atoms with van der Waals surface area (Å²) in [5.74, 6) is 0. The molecule has 31 valence electrons. The molecule has 3 heteroatoms. The number of rotatable bonds is 0. The number of aromatic nitrogens is 1. The van der Waals surface area contributed by atoms with Crippen LogP contribution >= 0.6 is 23.1 Å². The lowest BCUT2D eigenvalue weighted by atomic mass is 10.8. The molecule has 1 nitrogen and oxygen atoms in total. The van der Waals surface area contributed by atoms with Crippen molar-refractivity contribution < 1.29 is 0 Å². The molecular formula is C3HClNS. The van der Waals surface area contributed by atoms with Crippen molar-refractivity contribution in [2.75, 3.05) is 0 Å². The van der Waals surface area contributed by atoms with Gasteiger partial charge in [0.15, 0.2) is 0 Å². The molecule has 0 unspecified atom stereocenters. The molecule has 0 aliphatic heterocycles. The van der Waals surface area contributed by atoms with Crippen LogP contribution in [0.15, 0.2) is 6.20 Å². The van der Waals surface area contributed by atoms with Crippen LogP contribution in [0.3, 0.4) is 0 Å². The summed E-state index contributed by atoms with van der Waals surface area (Å²) in [6, 6.07) is 2.67. The summed E-state index contributed by atoms with van der Waals surface area (Å²) in [7, 11) is 0. The van der Waals surface area contributed by atoms with Crippen molar-refractivity contribution in [3.63, 3.8) is 0 Å². The van der Waals surface area contributed by atoms with E-state index in [9.17, 15) is 0 Å². The van der Waals surface area contributed by atoms with Gasteiger partial charge in [0.25, 0.3) is 0 Å². The van der Waals surface area contributed by atoms with Crippen LogP contribution in [-0.2, 0) is 0 Å². The molecule has 0 atom stereocenters. The Balaban J connectivity index is 3.05. The van der Waals surface area contributed by atoms with Crippen molar-refractivity contribution in [1.29, 1.82) is 0 Å². The summed E-state index contributed by atoms with van der Waals surface area (Å²) in [4.78, 5) is 0. The van der Waals surface area contributed by atoms with Gasteiger partial charge in [0.2, 0.25) is 0 Å². The first-order chi connectivity index (χ1) is 2.89. The van der Waals surface area contributed by atoms with Crippen molar-refractivity contribution >= 4 is 23.1 Å². The summed E-state index contributed by atoms with van der Waals surface area (Å²) in [5.41, 5.74) is 0. The minimum absolute atomic E-state index is 0.620. The second-order valence-electron chi connectivity index (χ2n) is 0.744. The van der Waals surface area contributed by atoms with Crippen LogP contribution in [0.1, 0.15) is 0 Å². The molecule has 1 aromatic heterocycles. The average Bonchev–Trinajstić information content (AvgIpc) is 1.86. The highest BCUT2D eigenvalue weighted by Gasteiger charge is 1.81. The molecule has 0 saturated heterocycles. The van der Waals surface area contributed by atoms with E-state index in [1.807, 2.05) is 0 Å². The fraction of sp³-hybridized carbons (Fsp3) is 0. The summed E-state index contributed by atoms with van der Waals surface area (Å²) in [6.07, 6.45) is 1.55. The monoisotopic (exact) mass is 118 g/mol. The van der Waals surface area contributed by atoms with Crippen LogP contribution in [-0.4, -0.2) is 4.37 Å². The van der Waals surface area contributed by atoms with E-state index in [1.54, 1.807) is 6.20 Å². The van der Waals surface area contributed by atoms with Crippen LogP contribution < -0.4 is 0 Å². The Hall–Kier alpha value is -0.0800. The van der Waals surface area contributed by atoms with Gasteiger partial charge < -0.3 is 0 Å². The minimum Gasteiger partial charge on any atom is -0.199 e. The van der Waals surface area contributed by atoms with E-state index >= 15 is 0 Å². The number of halogens is 1. The van der Waals surface area contributed by atoms with Gasteiger partial charge in [-0.15, -0.1) is 0 Å². The third-order valence-corrected chi connectivity index (χ3v) is 1.17. The quantitative estimate of drug-likeness (QED) is 0.504. The summed E-state index contributed by atoms with van der Waals surface area (Å²) in [5, 5.41) is 0. The third-order valence-electron chi connectivity index (χ3n) is 0.364. The van der Waals surface area contributed by atoms with E-state index in [0.29, 0.717) is 4.34 Å². The lowest BCUT2D eigenvalue weighted by Crippen LogP contribution is -1.34. The van der Waals surface area contributed by atoms with Crippen molar-refractivity contribution in [3.8, 4) is 0 Å². The predicted octanol–water partition coefficient (Wildman–Crippen LogP) is 1.60. The Morgan fingerprint density at radius 1 is 2.00 bits per heavy atom. The molecule has 0 spiro atoms. The number of hydrogen-bond acceptors (Lipinski definition) is 2. The molecule has 0 saturated carbocycles. The summed E-state index contributed by atoms with van der Waals surface area (Å²) < 4.78 is 4.30. The fourth-order valence-electron chi connectivity index (χ4n) is 0.176. The Kier molecular flexibility index (Phi) is 1.08. The SMILES string of the molecule is Clc1[c]cns1. The molecule has 6 heavy (non-hydrogen) atoms. The number of hydrogen-bond donors (Lipinski definition) is 0. The van der Waals surface area contributed by atoms with Gasteiger partial charge >= 0.3 is 0 Å². The minimum atomic E-state index is 0.620. The Bertz CT molecular complexity index is 114. The zero-order valence-electron chi connectivity index (χ0n) is 2.81. The third kappa shape index (κ3) is 0.698. The maximum atomic E-state index is 5.36. The molecule has 0 aliphatic rings. The van der Waals surface area contributed by atoms with Gasteiger partial charge in [-0.3, -0.25) is 0 Å². The zero-order chi connectivity index (χ0) is 4.41. The van der Waals surface area contributed by atoms with Gasteiger partial charge in [0.1, 0.15) is 4.34 Å². The van der Waals surface area contributed by atoms with Gasteiger partial charge in [-0.1, -0.05) is 11.6 Å². The second-order valence-corrected chi connectivity index (χ2v) is 2.15. The molecule has 1 rings (SSSR count). The summed E-state index contributed by atoms with van der Waals surface area (Å²) in [6.45, 7) is 0. The highest BCUT2D eigenvalue weighted by molar-refractivity contribution is 7.10. The van der Waals surface area contributed by atoms with E-state index in [2.05, 4.69) is 10.4 Å². The molecule has 0 aromatic carbocycles. The van der Waals surface area contributed by atoms with Crippen LogP contribution in [0.25, 0.3) is 0 Å². The largest absolute Gasteiger partial charge is 0.199 e. The average molecular weight is 119 g/mol. The zero-order valence-corrected chi connectivity index (χ0v) is 4.38. The van der Waals surface area contributed by atoms with Gasteiger partial charge in [-0.25, -0.2) is 0 Å². The first kappa shape index (κ1) is 4.09. The maximum Gasteiger partial charge on any atom is 0.121 e. The van der Waals surface area contributed by atoms with Crippen molar-refractivity contribution in [2.24, 2.45) is 0 Å². The molecule has 0 fully saturated rings. The first-order valence-electron chi connectivity index (χ1n) is 1.37. The van der Waals surface area contributed by atoms with E-state index in [1.165, 1.54) is 11.5 Å². The lowest BCUT2D eigenvalue weighted by molar-refractivity contribution is 1.58. The molecule has 1 radical (unpaired) electrons. The van der Waals surface area contributed by atoms with Crippen LogP contribution in [0, 0.1) is 6.07 Å². The highest BCUT2D eigenvalue weighted by Crippen LogP contribution is 2.08. The Morgan fingerprint density at radius 2 is 2.83 bits per heavy atom. The highest BCUT2D eigenvalue weighted by atomic mass is 35.5. The molecule has 0 N–H and O–H groups in total. The fourth-order valence-corrected chi connectivity index (χ4v) is 0.648. The first-order valence-corrected chi connectivity index (χ1v) is 2.52. The predicted molar refractivity (Wildman–Crippen MR) is 26.0 cm³/mol. The Morgan fingerprint density at radius 3 is 3.00 bits per heavy atom. The Labute approximate surface area is 44.7 Å². The van der Waals surface area contributed by atoms with Gasteiger partial charge in [-0.05, 0) is 11.5 Å². The molecule has 0 amide bonds. The van der Waals surface area contributed by atoms with Gasteiger partial charge in [0, 0.05) is 6.07 Å². The molecular weight excluding hydrogens is 118 g/mol. The van der Waals surface area contributed by atoms with E-state index < -0.39 is 0 Å². The van der Waals surface area contributed by atoms with E-state index in [-0.39, 0.29) is 0 Å². The molecule has 1 heterocycles. The van der Waals surface area contributed by atoms with E-state index in [0.717, 1.165) is 0 Å². The molecule has 0 bridgehead atoms. The van der Waals surface area contributed by atoms with Crippen molar-refractivity contribution in [2.45, 2.75) is 0 Å². The van der Waals surface area contributed by atoms with Gasteiger partial charge in [0.05, 0.1) is 6.20 Å². The number of nitrogens with zero attached hydrogens (tertiary/aromatic N) is 1. The normalized spacial score (nSPS) is 8.83. The smallest absolute Gasteiger partial charge is 0.121 e. The van der Waals surface area contributed by atoms with Crippen LogP contribution in [0.4, 0.5) is 0 Å². The van der Waals surface area contributed by atoms with Crippen molar-refractivity contribution in [3.05, 3.63) is 16.6 Å². The van der Waals surface area contributed by atoms with Crippen LogP contribution in [0.5, 0.6) is 0 Å². The topological polar surface area (TPSA) is 12.9 Å². The molecule has 1 aromatic rings. The van der Waals surface area contributed by atoms with E-state index in [4.69, 9.17) is 11.6 Å². The standard InChI is InChI=1S/C3HClNS/c4-3-1-2-5-6-3/h2H. The lowest BCUT2D eigenvalue weighted by Gasteiger charge is -1.58.